The van der Waals surface area contributed by atoms with Crippen LogP contribution in [-0.4, -0.2) is 133 Å². The Morgan fingerprint density at radius 3 is 1.60 bits per heavy atom. The minimum absolute atomic E-state index is 0.0826. The Labute approximate surface area is 351 Å². The minimum atomic E-state index is -4.45. The quantitative estimate of drug-likeness (QED) is 0.0587. The van der Waals surface area contributed by atoms with Crippen LogP contribution >= 0.6 is 0 Å². The van der Waals surface area contributed by atoms with Gasteiger partial charge in [0.25, 0.3) is 5.91 Å². The standard InChI is InChI=1S/C19H22N6O4.C13H10F3N3O2.C6H11N3O3/c1-13-9-14(2)11-15(10-13)17-20-12-25(23-17)4-3-16(26)21-22-18(27)19(28)24-5-7-29-8-6-24;1-8-4-9(6-10(5-8)13(14,15)16)12-17-7-19(18-12)3-2-11(20)21;7-8-5(10)6(11)9-1-3-12-4-2-9/h3-4,9-12H,5-8H2,1-2H3,(H,21,26)(H,22,27);2-7H,1H3,(H,20,21);1-4,7H2,(H,8,10)/b4-3-;3-2-;. The van der Waals surface area contributed by atoms with E-state index < -0.39 is 47.2 Å². The van der Waals surface area contributed by atoms with Crippen molar-refractivity contribution in [3.05, 3.63) is 83.5 Å². The molecule has 2 saturated heterocycles. The van der Waals surface area contributed by atoms with Crippen molar-refractivity contribution in [2.75, 3.05) is 52.6 Å². The van der Waals surface area contributed by atoms with Gasteiger partial charge >= 0.3 is 35.8 Å². The Morgan fingerprint density at radius 2 is 1.13 bits per heavy atom. The SMILES string of the molecule is Cc1cc(-c2ncn(/C=C\C(=O)O)n2)cc(C(F)(F)F)c1.Cc1cc(C)cc(-c2ncn(/C=C\C(=O)NNC(=O)C(=O)N3CCOCC3)n2)c1.NNC(=O)C(=O)N1CCOCC1. The van der Waals surface area contributed by atoms with Gasteiger partial charge in [-0.25, -0.2) is 30.0 Å². The number of amides is 5. The number of aromatic nitrogens is 6. The predicted octanol–water partition coefficient (Wildman–Crippen LogP) is 0.702. The molecule has 62 heavy (non-hydrogen) atoms. The number of nitrogens with two attached hydrogens (primary N) is 1. The third-order valence-electron chi connectivity index (χ3n) is 8.32. The first-order valence-corrected chi connectivity index (χ1v) is 18.5. The lowest BCUT2D eigenvalue weighted by Gasteiger charge is -2.25. The Morgan fingerprint density at radius 1 is 0.677 bits per heavy atom. The van der Waals surface area contributed by atoms with Crippen molar-refractivity contribution < 1.29 is 56.5 Å². The zero-order chi connectivity index (χ0) is 45.4. The molecule has 330 valence electrons. The maximum atomic E-state index is 12.8. The molecule has 4 aromatic rings. The van der Waals surface area contributed by atoms with E-state index in [1.165, 1.54) is 45.5 Å². The maximum absolute atomic E-state index is 12.8. The molecule has 5 amide bonds. The first-order valence-electron chi connectivity index (χ1n) is 18.5. The summed E-state index contributed by atoms with van der Waals surface area (Å²) < 4.78 is 50.9. The normalized spacial score (nSPS) is 14.0. The molecule has 4 heterocycles. The predicted molar refractivity (Wildman–Crippen MR) is 212 cm³/mol. The Bertz CT molecular complexity index is 2280. The van der Waals surface area contributed by atoms with Gasteiger partial charge in [-0.1, -0.05) is 17.2 Å². The van der Waals surface area contributed by atoms with Crippen molar-refractivity contribution in [2.45, 2.75) is 26.9 Å². The number of hydrazine groups is 2. The van der Waals surface area contributed by atoms with Crippen molar-refractivity contribution in [1.29, 1.82) is 0 Å². The summed E-state index contributed by atoms with van der Waals surface area (Å²) in [5, 5.41) is 16.7. The molecule has 0 aliphatic carbocycles. The molecule has 0 spiro atoms. The number of nitrogens with one attached hydrogen (secondary N) is 3. The summed E-state index contributed by atoms with van der Waals surface area (Å²) in [4.78, 5) is 78.7. The lowest BCUT2D eigenvalue weighted by Crippen LogP contribution is -2.52. The van der Waals surface area contributed by atoms with Crippen molar-refractivity contribution >= 4 is 47.9 Å². The average Bonchev–Trinajstić information content (AvgIpc) is 3.94. The monoisotopic (exact) mass is 868 g/mol. The van der Waals surface area contributed by atoms with Crippen molar-refractivity contribution in [2.24, 2.45) is 5.84 Å². The second kappa shape index (κ2) is 22.3. The van der Waals surface area contributed by atoms with Crippen molar-refractivity contribution in [1.82, 2.24) is 55.6 Å². The highest BCUT2D eigenvalue weighted by Gasteiger charge is 2.31. The number of carbonyl (C=O) groups is 6. The smallest absolute Gasteiger partial charge is 0.416 e. The largest absolute Gasteiger partial charge is 0.478 e. The number of halogens is 3. The van der Waals surface area contributed by atoms with Gasteiger partial charge in [-0.05, 0) is 56.7 Å². The van der Waals surface area contributed by atoms with E-state index in [1.54, 1.807) is 12.3 Å². The van der Waals surface area contributed by atoms with Crippen LogP contribution in [-0.2, 0) is 44.4 Å². The van der Waals surface area contributed by atoms with Gasteiger partial charge in [0.1, 0.15) is 12.7 Å². The number of ether oxygens (including phenoxy) is 2. The highest BCUT2D eigenvalue weighted by molar-refractivity contribution is 6.35. The fraction of sp³-hybridized carbons (Fsp3) is 0.316. The first kappa shape index (κ1) is 47.4. The van der Waals surface area contributed by atoms with Crippen molar-refractivity contribution in [3.8, 4) is 22.8 Å². The van der Waals surface area contributed by atoms with Crippen LogP contribution in [0.1, 0.15) is 22.3 Å². The molecule has 6 N–H and O–H groups in total. The summed E-state index contributed by atoms with van der Waals surface area (Å²) in [6.45, 7) is 8.84. The van der Waals surface area contributed by atoms with Gasteiger partial charge < -0.3 is 24.4 Å². The van der Waals surface area contributed by atoms with E-state index >= 15 is 0 Å². The number of morpholine rings is 2. The van der Waals surface area contributed by atoms with E-state index in [2.05, 4.69) is 37.1 Å². The number of carboxylic acids is 1. The number of hydrogen-bond donors (Lipinski definition) is 5. The molecular weight excluding hydrogens is 825 g/mol. The second-order valence-electron chi connectivity index (χ2n) is 13.3. The number of aryl methyl sites for hydroxylation is 3. The molecule has 2 aromatic carbocycles. The van der Waals surface area contributed by atoms with Crippen LogP contribution in [0, 0.1) is 20.8 Å². The molecule has 2 fully saturated rings. The average molecular weight is 869 g/mol. The van der Waals surface area contributed by atoms with Gasteiger partial charge in [0.2, 0.25) is 0 Å². The summed E-state index contributed by atoms with van der Waals surface area (Å²) in [7, 11) is 0. The van der Waals surface area contributed by atoms with Gasteiger partial charge in [-0.3, -0.25) is 40.3 Å². The van der Waals surface area contributed by atoms with E-state index in [-0.39, 0.29) is 11.4 Å². The number of alkyl halides is 3. The molecule has 0 saturated carbocycles. The molecule has 0 bridgehead atoms. The molecule has 0 radical (unpaired) electrons. The zero-order valence-corrected chi connectivity index (χ0v) is 33.6. The summed E-state index contributed by atoms with van der Waals surface area (Å²) >= 11 is 0. The van der Waals surface area contributed by atoms with Crippen LogP contribution in [0.4, 0.5) is 13.2 Å². The lowest BCUT2D eigenvalue weighted by atomic mass is 10.1. The van der Waals surface area contributed by atoms with Crippen LogP contribution < -0.4 is 22.1 Å². The Balaban J connectivity index is 0.000000223. The Hall–Kier alpha value is -7.31. The maximum Gasteiger partial charge on any atom is 0.416 e. The fourth-order valence-electron chi connectivity index (χ4n) is 5.52. The van der Waals surface area contributed by atoms with Gasteiger partial charge in [0.15, 0.2) is 11.6 Å². The van der Waals surface area contributed by atoms with Crippen LogP contribution in [0.3, 0.4) is 0 Å². The van der Waals surface area contributed by atoms with E-state index in [9.17, 15) is 41.9 Å². The van der Waals surface area contributed by atoms with E-state index in [0.717, 1.165) is 45.8 Å². The number of nitrogens with zero attached hydrogens (tertiary/aromatic N) is 8. The number of carboxylic acid groups (broad SMARTS) is 1. The molecule has 0 unspecified atom stereocenters. The number of hydrogen-bond acceptors (Lipinski definition) is 13. The number of aliphatic carboxylic acids is 1. The minimum Gasteiger partial charge on any atom is -0.478 e. The molecule has 6 rings (SSSR count). The van der Waals surface area contributed by atoms with E-state index in [1.807, 2.05) is 26.0 Å². The fourth-order valence-corrected chi connectivity index (χ4v) is 5.52. The Kier molecular flexibility index (Phi) is 17.1. The molecule has 21 nitrogen and oxygen atoms in total. The molecule has 2 aliphatic rings. The highest BCUT2D eigenvalue weighted by atomic mass is 19.4. The second-order valence-corrected chi connectivity index (χ2v) is 13.3. The summed E-state index contributed by atoms with van der Waals surface area (Å²) in [5.74, 6) is 0.635. The van der Waals surface area contributed by atoms with Gasteiger partial charge in [-0.2, -0.15) is 13.2 Å². The van der Waals surface area contributed by atoms with Crippen molar-refractivity contribution in [3.63, 3.8) is 0 Å². The van der Waals surface area contributed by atoms with Gasteiger partial charge in [0, 0.05) is 61.9 Å². The number of rotatable bonds is 6. The molecular formula is C38H43F3N12O9. The van der Waals surface area contributed by atoms with E-state index in [0.29, 0.717) is 64.0 Å². The van der Waals surface area contributed by atoms with Crippen LogP contribution in [0.15, 0.2) is 61.2 Å². The molecule has 0 atom stereocenters. The van der Waals surface area contributed by atoms with Crippen LogP contribution in [0.5, 0.6) is 0 Å². The van der Waals surface area contributed by atoms with Crippen LogP contribution in [0.2, 0.25) is 0 Å². The summed E-state index contributed by atoms with van der Waals surface area (Å²) in [6.07, 6.45) is 2.77. The van der Waals surface area contributed by atoms with Crippen LogP contribution in [0.25, 0.3) is 35.2 Å². The third-order valence-corrected chi connectivity index (χ3v) is 8.32. The van der Waals surface area contributed by atoms with Gasteiger partial charge in [0.05, 0.1) is 32.0 Å². The number of carbonyl (C=O) groups excluding carboxylic acids is 5. The first-order chi connectivity index (χ1) is 29.4. The lowest BCUT2D eigenvalue weighted by molar-refractivity contribution is -0.149. The zero-order valence-electron chi connectivity index (χ0n) is 33.6. The third kappa shape index (κ3) is 14.8. The number of benzene rings is 2. The molecule has 2 aromatic heterocycles. The molecule has 24 heteroatoms. The van der Waals surface area contributed by atoms with E-state index in [4.69, 9.17) is 20.4 Å². The van der Waals surface area contributed by atoms with Gasteiger partial charge in [-0.15, -0.1) is 10.2 Å². The highest BCUT2D eigenvalue weighted by Crippen LogP contribution is 2.32. The summed E-state index contributed by atoms with van der Waals surface area (Å²) in [6, 6.07) is 9.52. The summed E-state index contributed by atoms with van der Waals surface area (Å²) in [5.41, 5.74) is 9.00. The topological polar surface area (TPSA) is 271 Å². The molecule has 2 aliphatic heterocycles.